The second kappa shape index (κ2) is 7.24. The van der Waals surface area contributed by atoms with Crippen molar-refractivity contribution in [2.75, 3.05) is 18.0 Å². The predicted molar refractivity (Wildman–Crippen MR) is 110 cm³/mol. The molecule has 2 atom stereocenters. The Balaban J connectivity index is 1.57. The molecule has 2 aromatic rings. The SMILES string of the molecule is CC(C)(C)[S@@](=O)N[C@@H]1c2ccccc2OC12CCN(c1ncc(Cl)nn1)CC2. The summed E-state index contributed by atoms with van der Waals surface area (Å²) in [5.74, 6) is 1.43. The van der Waals surface area contributed by atoms with Gasteiger partial charge in [-0.3, -0.25) is 0 Å². The average Bonchev–Trinajstić information content (AvgIpc) is 2.95. The molecular formula is C19H24ClN5O2S. The van der Waals surface area contributed by atoms with Crippen LogP contribution in [0.1, 0.15) is 45.2 Å². The van der Waals surface area contributed by atoms with E-state index < -0.39 is 16.6 Å². The van der Waals surface area contributed by atoms with E-state index >= 15 is 0 Å². The molecule has 7 nitrogen and oxygen atoms in total. The molecule has 1 N–H and O–H groups in total. The summed E-state index contributed by atoms with van der Waals surface area (Å²) in [5.41, 5.74) is 0.624. The molecular weight excluding hydrogens is 398 g/mol. The summed E-state index contributed by atoms with van der Waals surface area (Å²) in [6.45, 7) is 7.35. The maximum atomic E-state index is 12.9. The Morgan fingerprint density at radius 2 is 1.96 bits per heavy atom. The van der Waals surface area contributed by atoms with Crippen LogP contribution in [0, 0.1) is 0 Å². The first kappa shape index (κ1) is 19.5. The highest BCUT2D eigenvalue weighted by molar-refractivity contribution is 7.84. The maximum absolute atomic E-state index is 12.9. The fourth-order valence-corrected chi connectivity index (χ4v) is 4.70. The van der Waals surface area contributed by atoms with Gasteiger partial charge in [-0.25, -0.2) is 13.9 Å². The predicted octanol–water partition coefficient (Wildman–Crippen LogP) is 3.05. The van der Waals surface area contributed by atoms with Crippen LogP contribution in [0.25, 0.3) is 0 Å². The zero-order valence-electron chi connectivity index (χ0n) is 16.2. The number of para-hydroxylation sites is 1. The highest BCUT2D eigenvalue weighted by Crippen LogP contribution is 2.48. The van der Waals surface area contributed by atoms with Crippen LogP contribution in [0.3, 0.4) is 0 Å². The van der Waals surface area contributed by atoms with Crippen LogP contribution in [0.4, 0.5) is 5.95 Å². The molecule has 28 heavy (non-hydrogen) atoms. The van der Waals surface area contributed by atoms with E-state index in [0.717, 1.165) is 37.2 Å². The molecule has 0 unspecified atom stereocenters. The van der Waals surface area contributed by atoms with Crippen molar-refractivity contribution in [2.24, 2.45) is 0 Å². The monoisotopic (exact) mass is 421 g/mol. The lowest BCUT2D eigenvalue weighted by Gasteiger charge is -2.42. The molecule has 1 fully saturated rings. The number of nitrogens with one attached hydrogen (secondary N) is 1. The number of rotatable bonds is 3. The Morgan fingerprint density at radius 3 is 2.61 bits per heavy atom. The van der Waals surface area contributed by atoms with Crippen molar-refractivity contribution in [3.8, 4) is 5.75 Å². The number of halogens is 1. The van der Waals surface area contributed by atoms with Crippen LogP contribution in [0.5, 0.6) is 5.75 Å². The van der Waals surface area contributed by atoms with Crippen molar-refractivity contribution in [1.29, 1.82) is 0 Å². The fourth-order valence-electron chi connectivity index (χ4n) is 3.70. The van der Waals surface area contributed by atoms with Gasteiger partial charge in [-0.1, -0.05) is 29.8 Å². The molecule has 1 saturated heterocycles. The van der Waals surface area contributed by atoms with Gasteiger partial charge in [0.15, 0.2) is 5.15 Å². The summed E-state index contributed by atoms with van der Waals surface area (Å²) in [5, 5.41) is 8.25. The van der Waals surface area contributed by atoms with E-state index in [-0.39, 0.29) is 15.9 Å². The molecule has 3 heterocycles. The highest BCUT2D eigenvalue weighted by atomic mass is 35.5. The number of anilines is 1. The van der Waals surface area contributed by atoms with Gasteiger partial charge < -0.3 is 9.64 Å². The second-order valence-electron chi connectivity index (χ2n) is 8.20. The largest absolute Gasteiger partial charge is 0.485 e. The number of ether oxygens (including phenoxy) is 1. The Kier molecular flexibility index (Phi) is 5.05. The van der Waals surface area contributed by atoms with Crippen molar-refractivity contribution >= 4 is 28.5 Å². The first-order valence-electron chi connectivity index (χ1n) is 9.35. The smallest absolute Gasteiger partial charge is 0.245 e. The Labute approximate surface area is 172 Å². The molecule has 1 spiro atoms. The Bertz CT molecular complexity index is 879. The van der Waals surface area contributed by atoms with Gasteiger partial charge in [0.2, 0.25) is 5.95 Å². The third kappa shape index (κ3) is 3.60. The molecule has 4 rings (SSSR count). The summed E-state index contributed by atoms with van der Waals surface area (Å²) in [6.07, 6.45) is 3.02. The van der Waals surface area contributed by atoms with Crippen LogP contribution >= 0.6 is 11.6 Å². The normalized spacial score (nSPS) is 22.0. The number of benzene rings is 1. The number of hydrogen-bond donors (Lipinski definition) is 1. The third-order valence-corrected chi connectivity index (χ3v) is 7.00. The standard InChI is InChI=1S/C19H24ClN5O2S/c1-18(2,3)28(26)24-16-13-6-4-5-7-14(13)27-19(16)8-10-25(11-9-19)17-21-12-15(20)22-23-17/h4-7,12,16,24H,8-11H2,1-3H3/t16-,28-/m1/s1. The van der Waals surface area contributed by atoms with E-state index in [0.29, 0.717) is 5.95 Å². The molecule has 150 valence electrons. The molecule has 2 aliphatic heterocycles. The van der Waals surface area contributed by atoms with Crippen LogP contribution in [-0.4, -0.2) is 42.8 Å². The lowest BCUT2D eigenvalue weighted by Crippen LogP contribution is -2.54. The summed E-state index contributed by atoms with van der Waals surface area (Å²) in [7, 11) is -1.20. The topological polar surface area (TPSA) is 80.2 Å². The molecule has 1 aromatic carbocycles. The van der Waals surface area contributed by atoms with Crippen LogP contribution < -0.4 is 14.4 Å². The van der Waals surface area contributed by atoms with E-state index in [9.17, 15) is 4.21 Å². The van der Waals surface area contributed by atoms with Crippen molar-refractivity contribution in [3.63, 3.8) is 0 Å². The summed E-state index contributed by atoms with van der Waals surface area (Å²) in [6, 6.07) is 7.88. The number of nitrogens with zero attached hydrogens (tertiary/aromatic N) is 4. The van der Waals surface area contributed by atoms with Crippen molar-refractivity contribution in [2.45, 2.75) is 50.0 Å². The van der Waals surface area contributed by atoms with E-state index in [1.807, 2.05) is 39.0 Å². The number of aromatic nitrogens is 3. The minimum absolute atomic E-state index is 0.129. The molecule has 0 radical (unpaired) electrons. The van der Waals surface area contributed by atoms with Gasteiger partial charge in [0.1, 0.15) is 11.4 Å². The lowest BCUT2D eigenvalue weighted by atomic mass is 9.83. The van der Waals surface area contributed by atoms with Crippen LogP contribution in [0.15, 0.2) is 30.5 Å². The molecule has 9 heteroatoms. The van der Waals surface area contributed by atoms with Gasteiger partial charge in [-0.15, -0.1) is 10.2 Å². The average molecular weight is 422 g/mol. The van der Waals surface area contributed by atoms with Gasteiger partial charge in [-0.2, -0.15) is 0 Å². The molecule has 0 saturated carbocycles. The Hall–Kier alpha value is -1.77. The van der Waals surface area contributed by atoms with Gasteiger partial charge in [-0.05, 0) is 26.8 Å². The van der Waals surface area contributed by atoms with Crippen LogP contribution in [-0.2, 0) is 11.0 Å². The lowest BCUT2D eigenvalue weighted by molar-refractivity contribution is 0.0382. The van der Waals surface area contributed by atoms with E-state index in [2.05, 4.69) is 30.9 Å². The van der Waals surface area contributed by atoms with E-state index in [4.69, 9.17) is 16.3 Å². The third-order valence-electron chi connectivity index (χ3n) is 5.26. The maximum Gasteiger partial charge on any atom is 0.245 e. The van der Waals surface area contributed by atoms with Crippen LogP contribution in [0.2, 0.25) is 5.15 Å². The minimum atomic E-state index is -1.20. The highest BCUT2D eigenvalue weighted by Gasteiger charge is 2.51. The molecule has 2 aliphatic rings. The molecule has 0 aliphatic carbocycles. The van der Waals surface area contributed by atoms with Crippen molar-refractivity contribution < 1.29 is 8.95 Å². The summed E-state index contributed by atoms with van der Waals surface area (Å²) >= 11 is 5.79. The number of hydrogen-bond acceptors (Lipinski definition) is 6. The van der Waals surface area contributed by atoms with Crippen molar-refractivity contribution in [1.82, 2.24) is 19.9 Å². The minimum Gasteiger partial charge on any atom is -0.485 e. The molecule has 0 amide bonds. The molecule has 1 aromatic heterocycles. The van der Waals surface area contributed by atoms with Gasteiger partial charge in [0.25, 0.3) is 0 Å². The Morgan fingerprint density at radius 1 is 1.25 bits per heavy atom. The van der Waals surface area contributed by atoms with E-state index in [1.165, 1.54) is 6.20 Å². The second-order valence-corrected chi connectivity index (χ2v) is 10.6. The first-order valence-corrected chi connectivity index (χ1v) is 10.9. The van der Waals surface area contributed by atoms with Gasteiger partial charge >= 0.3 is 0 Å². The first-order chi connectivity index (χ1) is 13.3. The zero-order valence-corrected chi connectivity index (χ0v) is 17.8. The summed E-state index contributed by atoms with van der Waals surface area (Å²) in [4.78, 5) is 6.35. The zero-order chi connectivity index (χ0) is 19.9. The summed E-state index contributed by atoms with van der Waals surface area (Å²) < 4.78 is 22.3. The van der Waals surface area contributed by atoms with Crippen molar-refractivity contribution in [3.05, 3.63) is 41.2 Å². The van der Waals surface area contributed by atoms with Gasteiger partial charge in [0, 0.05) is 31.5 Å². The van der Waals surface area contributed by atoms with E-state index in [1.54, 1.807) is 0 Å². The van der Waals surface area contributed by atoms with Gasteiger partial charge in [0.05, 0.1) is 28.0 Å². The fraction of sp³-hybridized carbons (Fsp3) is 0.526. The quantitative estimate of drug-likeness (QED) is 0.820. The number of piperidine rings is 1. The molecule has 0 bridgehead atoms. The number of fused-ring (bicyclic) bond motifs is 1.